The fraction of sp³-hybridized carbons (Fsp3) is 0.571. The maximum atomic E-state index is 14.0. The molecule has 0 aromatic heterocycles. The summed E-state index contributed by atoms with van der Waals surface area (Å²) in [5.41, 5.74) is -0.626. The lowest BCUT2D eigenvalue weighted by Gasteiger charge is -2.36. The van der Waals surface area contributed by atoms with Crippen molar-refractivity contribution in [2.24, 2.45) is 0 Å². The number of nitrogens with zero attached hydrogens (tertiary/aromatic N) is 1. The fourth-order valence-electron chi connectivity index (χ4n) is 2.75. The first-order chi connectivity index (χ1) is 9.58. The number of aliphatic hydroxyl groups excluding tert-OH is 1. The van der Waals surface area contributed by atoms with E-state index in [1.807, 2.05) is 0 Å². The first kappa shape index (κ1) is 14.9. The monoisotopic (exact) mass is 282 g/mol. The van der Waals surface area contributed by atoms with Gasteiger partial charge in [-0.15, -0.1) is 0 Å². The van der Waals surface area contributed by atoms with Gasteiger partial charge in [-0.3, -0.25) is 10.1 Å². The van der Waals surface area contributed by atoms with Crippen LogP contribution < -0.4 is 5.32 Å². The van der Waals surface area contributed by atoms with Crippen LogP contribution in [0.2, 0.25) is 0 Å². The van der Waals surface area contributed by atoms with E-state index in [-0.39, 0.29) is 24.3 Å². The molecule has 0 bridgehead atoms. The topological polar surface area (TPSA) is 75.4 Å². The van der Waals surface area contributed by atoms with Gasteiger partial charge >= 0.3 is 5.69 Å². The van der Waals surface area contributed by atoms with Crippen LogP contribution in [0.4, 0.5) is 10.1 Å². The standard InChI is InChI=1S/C14H19FN2O3/c15-13-11(5-4-6-12(13)17(19)20)9-16-14(10-18)7-2-1-3-8-14/h4-6,16,18H,1-3,7-10H2. The molecule has 0 saturated heterocycles. The maximum Gasteiger partial charge on any atom is 0.305 e. The van der Waals surface area contributed by atoms with Gasteiger partial charge < -0.3 is 10.4 Å². The summed E-state index contributed by atoms with van der Waals surface area (Å²) in [7, 11) is 0. The Kier molecular flexibility index (Phi) is 4.67. The molecular weight excluding hydrogens is 263 g/mol. The van der Waals surface area contributed by atoms with Crippen LogP contribution in [0.1, 0.15) is 37.7 Å². The SMILES string of the molecule is O=[N+]([O-])c1cccc(CNC2(CO)CCCCC2)c1F. The third-order valence-corrected chi connectivity index (χ3v) is 4.02. The van der Waals surface area contributed by atoms with E-state index in [1.165, 1.54) is 12.1 Å². The van der Waals surface area contributed by atoms with Crippen molar-refractivity contribution in [3.63, 3.8) is 0 Å². The van der Waals surface area contributed by atoms with E-state index >= 15 is 0 Å². The van der Waals surface area contributed by atoms with Crippen molar-refractivity contribution in [2.45, 2.75) is 44.2 Å². The van der Waals surface area contributed by atoms with Crippen LogP contribution in [-0.4, -0.2) is 22.2 Å². The molecule has 1 aromatic rings. The molecule has 2 N–H and O–H groups in total. The third kappa shape index (κ3) is 3.13. The summed E-state index contributed by atoms with van der Waals surface area (Å²) >= 11 is 0. The molecule has 6 heteroatoms. The summed E-state index contributed by atoms with van der Waals surface area (Å²) in [5, 5.41) is 23.5. The Morgan fingerprint density at radius 3 is 2.65 bits per heavy atom. The molecule has 110 valence electrons. The van der Waals surface area contributed by atoms with Crippen LogP contribution >= 0.6 is 0 Å². The van der Waals surface area contributed by atoms with E-state index in [1.54, 1.807) is 0 Å². The summed E-state index contributed by atoms with van der Waals surface area (Å²) in [6.07, 6.45) is 4.91. The van der Waals surface area contributed by atoms with Gasteiger partial charge in [-0.1, -0.05) is 31.4 Å². The number of hydrogen-bond donors (Lipinski definition) is 2. The number of halogens is 1. The zero-order chi connectivity index (χ0) is 14.6. The molecule has 0 amide bonds. The molecule has 1 saturated carbocycles. The Morgan fingerprint density at radius 1 is 1.35 bits per heavy atom. The highest BCUT2D eigenvalue weighted by atomic mass is 19.1. The third-order valence-electron chi connectivity index (χ3n) is 4.02. The highest BCUT2D eigenvalue weighted by molar-refractivity contribution is 5.36. The van der Waals surface area contributed by atoms with E-state index in [4.69, 9.17) is 0 Å². The molecule has 0 spiro atoms. The molecule has 1 aliphatic carbocycles. The first-order valence-corrected chi connectivity index (χ1v) is 6.86. The number of aliphatic hydroxyl groups is 1. The molecule has 0 aliphatic heterocycles. The number of nitro benzene ring substituents is 1. The molecule has 0 atom stereocenters. The molecule has 20 heavy (non-hydrogen) atoms. The average Bonchev–Trinajstić information content (AvgIpc) is 2.47. The lowest BCUT2D eigenvalue weighted by Crippen LogP contribution is -2.49. The maximum absolute atomic E-state index is 14.0. The summed E-state index contributed by atoms with van der Waals surface area (Å²) in [4.78, 5) is 9.98. The minimum atomic E-state index is -0.797. The van der Waals surface area contributed by atoms with Crippen molar-refractivity contribution in [1.82, 2.24) is 5.32 Å². The molecule has 0 unspecified atom stereocenters. The van der Waals surface area contributed by atoms with Gasteiger partial charge in [0, 0.05) is 23.7 Å². The smallest absolute Gasteiger partial charge is 0.305 e. The second-order valence-electron chi connectivity index (χ2n) is 5.36. The van der Waals surface area contributed by atoms with Gasteiger partial charge in [-0.2, -0.15) is 4.39 Å². The van der Waals surface area contributed by atoms with Gasteiger partial charge in [0.05, 0.1) is 11.5 Å². The van der Waals surface area contributed by atoms with Crippen LogP contribution in [0, 0.1) is 15.9 Å². The molecule has 0 heterocycles. The Labute approximate surface area is 117 Å². The number of rotatable bonds is 5. The fourth-order valence-corrected chi connectivity index (χ4v) is 2.75. The lowest BCUT2D eigenvalue weighted by atomic mass is 9.82. The van der Waals surface area contributed by atoms with E-state index < -0.39 is 16.4 Å². The number of hydrogen-bond acceptors (Lipinski definition) is 4. The molecule has 2 rings (SSSR count). The highest BCUT2D eigenvalue weighted by Crippen LogP contribution is 2.28. The molecular formula is C14H19FN2O3. The lowest BCUT2D eigenvalue weighted by molar-refractivity contribution is -0.387. The van der Waals surface area contributed by atoms with Crippen LogP contribution in [0.15, 0.2) is 18.2 Å². The predicted molar refractivity (Wildman–Crippen MR) is 72.8 cm³/mol. The van der Waals surface area contributed by atoms with Crippen molar-refractivity contribution in [1.29, 1.82) is 0 Å². The Morgan fingerprint density at radius 2 is 2.05 bits per heavy atom. The minimum Gasteiger partial charge on any atom is -0.394 e. The molecule has 0 radical (unpaired) electrons. The summed E-state index contributed by atoms with van der Waals surface area (Å²) in [6, 6.07) is 4.16. The zero-order valence-corrected chi connectivity index (χ0v) is 11.3. The normalized spacial score (nSPS) is 17.9. The quantitative estimate of drug-likeness (QED) is 0.642. The molecule has 1 fully saturated rings. The van der Waals surface area contributed by atoms with E-state index in [0.29, 0.717) is 0 Å². The first-order valence-electron chi connectivity index (χ1n) is 6.86. The van der Waals surface area contributed by atoms with Crippen LogP contribution in [0.5, 0.6) is 0 Å². The van der Waals surface area contributed by atoms with E-state index in [0.717, 1.165) is 38.2 Å². The summed E-state index contributed by atoms with van der Waals surface area (Å²) < 4.78 is 14.0. The van der Waals surface area contributed by atoms with Gasteiger partial charge in [-0.05, 0) is 12.8 Å². The number of nitro groups is 1. The zero-order valence-electron chi connectivity index (χ0n) is 11.3. The van der Waals surface area contributed by atoms with Crippen molar-refractivity contribution in [3.8, 4) is 0 Å². The Bertz CT molecular complexity index is 487. The second-order valence-corrected chi connectivity index (χ2v) is 5.36. The van der Waals surface area contributed by atoms with Gasteiger partial charge in [0.2, 0.25) is 5.82 Å². The largest absolute Gasteiger partial charge is 0.394 e. The van der Waals surface area contributed by atoms with Crippen molar-refractivity contribution >= 4 is 5.69 Å². The van der Waals surface area contributed by atoms with Gasteiger partial charge in [0.1, 0.15) is 0 Å². The van der Waals surface area contributed by atoms with Crippen molar-refractivity contribution in [3.05, 3.63) is 39.7 Å². The highest BCUT2D eigenvalue weighted by Gasteiger charge is 2.31. The average molecular weight is 282 g/mol. The van der Waals surface area contributed by atoms with E-state index in [2.05, 4.69) is 5.32 Å². The van der Waals surface area contributed by atoms with Crippen LogP contribution in [0.3, 0.4) is 0 Å². The second kappa shape index (κ2) is 6.28. The predicted octanol–water partition coefficient (Wildman–Crippen LogP) is 2.52. The number of nitrogens with one attached hydrogen (secondary N) is 1. The van der Waals surface area contributed by atoms with Crippen molar-refractivity contribution in [2.75, 3.05) is 6.61 Å². The summed E-state index contributed by atoms with van der Waals surface area (Å²) in [6.45, 7) is 0.192. The molecule has 1 aromatic carbocycles. The molecule has 5 nitrogen and oxygen atoms in total. The van der Waals surface area contributed by atoms with Crippen molar-refractivity contribution < 1.29 is 14.4 Å². The minimum absolute atomic E-state index is 0.00352. The van der Waals surface area contributed by atoms with Crippen LogP contribution in [0.25, 0.3) is 0 Å². The van der Waals surface area contributed by atoms with Gasteiger partial charge in [0.25, 0.3) is 0 Å². The van der Waals surface area contributed by atoms with Crippen LogP contribution in [-0.2, 0) is 6.54 Å². The Balaban J connectivity index is 2.10. The number of benzene rings is 1. The van der Waals surface area contributed by atoms with E-state index in [9.17, 15) is 19.6 Å². The van der Waals surface area contributed by atoms with Gasteiger partial charge in [-0.25, -0.2) is 0 Å². The Hall–Kier alpha value is -1.53. The van der Waals surface area contributed by atoms with Gasteiger partial charge in [0.15, 0.2) is 0 Å². The molecule has 1 aliphatic rings. The summed E-state index contributed by atoms with van der Waals surface area (Å²) in [5.74, 6) is -0.797.